The summed E-state index contributed by atoms with van der Waals surface area (Å²) in [5.41, 5.74) is 9.96. The molecule has 1 saturated heterocycles. The van der Waals surface area contributed by atoms with E-state index in [1.807, 2.05) is 0 Å². The van der Waals surface area contributed by atoms with Crippen LogP contribution >= 0.6 is 0 Å². The van der Waals surface area contributed by atoms with Crippen molar-refractivity contribution >= 4 is 17.4 Å². The minimum Gasteiger partial charge on any atom is -0.396 e. The summed E-state index contributed by atoms with van der Waals surface area (Å²) in [5, 5.41) is 9.91. The van der Waals surface area contributed by atoms with Gasteiger partial charge in [-0.25, -0.2) is 4.98 Å². The molecular formula is C10H14N4O2. The number of rotatable bonds is 2. The average Bonchev–Trinajstić information content (AvgIpc) is 2.63. The van der Waals surface area contributed by atoms with E-state index in [0.29, 0.717) is 24.5 Å². The molecule has 16 heavy (non-hydrogen) atoms. The fourth-order valence-electron chi connectivity index (χ4n) is 1.85. The predicted octanol–water partition coefficient (Wildman–Crippen LogP) is -0.910. The van der Waals surface area contributed by atoms with Crippen molar-refractivity contribution in [2.24, 2.45) is 5.73 Å². The van der Waals surface area contributed by atoms with E-state index in [1.165, 1.54) is 0 Å². The third-order valence-corrected chi connectivity index (χ3v) is 2.82. The van der Waals surface area contributed by atoms with Gasteiger partial charge in [0.2, 0.25) is 0 Å². The first kappa shape index (κ1) is 10.7. The van der Waals surface area contributed by atoms with E-state index < -0.39 is 11.5 Å². The SMILES string of the molecule is NC(=O)C1(O)CCN(c2ncccc2N)C1. The quantitative estimate of drug-likeness (QED) is 0.600. The van der Waals surface area contributed by atoms with Crippen LogP contribution < -0.4 is 16.4 Å². The Morgan fingerprint density at radius 2 is 2.38 bits per heavy atom. The summed E-state index contributed by atoms with van der Waals surface area (Å²) in [4.78, 5) is 17.0. The Bertz CT molecular complexity index is 423. The Labute approximate surface area is 92.9 Å². The molecule has 1 aliphatic heterocycles. The third kappa shape index (κ3) is 1.67. The molecule has 1 aromatic heterocycles. The lowest BCUT2D eigenvalue weighted by Gasteiger charge is -2.21. The molecule has 6 heteroatoms. The van der Waals surface area contributed by atoms with Crippen molar-refractivity contribution in [3.05, 3.63) is 18.3 Å². The minimum atomic E-state index is -1.47. The zero-order chi connectivity index (χ0) is 11.8. The number of carbonyl (C=O) groups excluding carboxylic acids is 1. The van der Waals surface area contributed by atoms with Crippen molar-refractivity contribution < 1.29 is 9.90 Å². The molecule has 5 N–H and O–H groups in total. The number of hydrogen-bond donors (Lipinski definition) is 3. The normalized spacial score (nSPS) is 24.7. The number of β-amino-alcohol motifs (C(OH)–C–C–N with tert-alkyl or cyclic N) is 1. The molecule has 1 aliphatic rings. The molecule has 86 valence electrons. The number of amides is 1. The fourth-order valence-corrected chi connectivity index (χ4v) is 1.85. The van der Waals surface area contributed by atoms with E-state index in [1.54, 1.807) is 23.2 Å². The van der Waals surface area contributed by atoms with E-state index in [2.05, 4.69) is 4.98 Å². The number of nitrogens with two attached hydrogens (primary N) is 2. The Balaban J connectivity index is 2.22. The van der Waals surface area contributed by atoms with Crippen LogP contribution in [0.3, 0.4) is 0 Å². The molecule has 1 amide bonds. The van der Waals surface area contributed by atoms with Crippen molar-refractivity contribution in [2.75, 3.05) is 23.7 Å². The highest BCUT2D eigenvalue weighted by atomic mass is 16.3. The van der Waals surface area contributed by atoms with Crippen LogP contribution in [-0.2, 0) is 4.79 Å². The van der Waals surface area contributed by atoms with Gasteiger partial charge in [-0.2, -0.15) is 0 Å². The maximum Gasteiger partial charge on any atom is 0.251 e. The van der Waals surface area contributed by atoms with Crippen LogP contribution in [0.15, 0.2) is 18.3 Å². The summed E-state index contributed by atoms with van der Waals surface area (Å²) in [6.07, 6.45) is 1.92. The molecule has 0 saturated carbocycles. The van der Waals surface area contributed by atoms with E-state index in [0.717, 1.165) is 0 Å². The number of anilines is 2. The Morgan fingerprint density at radius 1 is 1.62 bits per heavy atom. The van der Waals surface area contributed by atoms with Crippen molar-refractivity contribution in [3.63, 3.8) is 0 Å². The van der Waals surface area contributed by atoms with Gasteiger partial charge in [0.1, 0.15) is 0 Å². The van der Waals surface area contributed by atoms with E-state index in [4.69, 9.17) is 11.5 Å². The van der Waals surface area contributed by atoms with Gasteiger partial charge in [0.25, 0.3) is 5.91 Å². The van der Waals surface area contributed by atoms with Gasteiger partial charge in [-0.15, -0.1) is 0 Å². The van der Waals surface area contributed by atoms with Crippen molar-refractivity contribution in [3.8, 4) is 0 Å². The lowest BCUT2D eigenvalue weighted by molar-refractivity contribution is -0.134. The molecule has 0 aromatic carbocycles. The summed E-state index contributed by atoms with van der Waals surface area (Å²) in [7, 11) is 0. The van der Waals surface area contributed by atoms with Gasteiger partial charge < -0.3 is 21.5 Å². The zero-order valence-electron chi connectivity index (χ0n) is 8.76. The van der Waals surface area contributed by atoms with Gasteiger partial charge in [0, 0.05) is 19.2 Å². The fraction of sp³-hybridized carbons (Fsp3) is 0.400. The molecule has 0 aliphatic carbocycles. The zero-order valence-corrected chi connectivity index (χ0v) is 8.76. The molecule has 1 atom stereocenters. The van der Waals surface area contributed by atoms with Crippen LogP contribution in [-0.4, -0.2) is 34.7 Å². The predicted molar refractivity (Wildman–Crippen MR) is 59.6 cm³/mol. The Kier molecular flexibility index (Phi) is 2.43. The standard InChI is InChI=1S/C10H14N4O2/c11-7-2-1-4-13-8(7)14-5-3-10(16,6-14)9(12)15/h1-2,4,16H,3,5-6,11H2,(H2,12,15). The molecule has 2 heterocycles. The van der Waals surface area contributed by atoms with Crippen molar-refractivity contribution in [1.29, 1.82) is 0 Å². The summed E-state index contributed by atoms with van der Waals surface area (Å²) in [6, 6.07) is 3.46. The molecule has 1 unspecified atom stereocenters. The summed E-state index contributed by atoms with van der Waals surface area (Å²) >= 11 is 0. The van der Waals surface area contributed by atoms with Crippen LogP contribution in [0.1, 0.15) is 6.42 Å². The van der Waals surface area contributed by atoms with E-state index >= 15 is 0 Å². The van der Waals surface area contributed by atoms with Crippen LogP contribution in [0.2, 0.25) is 0 Å². The topological polar surface area (TPSA) is 105 Å². The maximum atomic E-state index is 11.1. The van der Waals surface area contributed by atoms with Gasteiger partial charge in [-0.05, 0) is 12.1 Å². The number of pyridine rings is 1. The minimum absolute atomic E-state index is 0.142. The number of aromatic nitrogens is 1. The van der Waals surface area contributed by atoms with Gasteiger partial charge in [-0.3, -0.25) is 4.79 Å². The monoisotopic (exact) mass is 222 g/mol. The first-order valence-corrected chi connectivity index (χ1v) is 5.01. The van der Waals surface area contributed by atoms with Crippen molar-refractivity contribution in [1.82, 2.24) is 4.98 Å². The average molecular weight is 222 g/mol. The van der Waals surface area contributed by atoms with Crippen LogP contribution in [0, 0.1) is 0 Å². The first-order valence-electron chi connectivity index (χ1n) is 5.01. The number of nitrogen functional groups attached to an aromatic ring is 1. The van der Waals surface area contributed by atoms with Crippen LogP contribution in [0.25, 0.3) is 0 Å². The maximum absolute atomic E-state index is 11.1. The highest BCUT2D eigenvalue weighted by molar-refractivity contribution is 5.85. The molecule has 6 nitrogen and oxygen atoms in total. The van der Waals surface area contributed by atoms with E-state index in [9.17, 15) is 9.90 Å². The number of primary amides is 1. The number of aliphatic hydroxyl groups is 1. The van der Waals surface area contributed by atoms with Gasteiger partial charge in [-0.1, -0.05) is 0 Å². The number of hydrogen-bond acceptors (Lipinski definition) is 5. The third-order valence-electron chi connectivity index (χ3n) is 2.82. The lowest BCUT2D eigenvalue weighted by Crippen LogP contribution is -2.46. The molecule has 1 fully saturated rings. The molecule has 0 spiro atoms. The highest BCUT2D eigenvalue weighted by Crippen LogP contribution is 2.28. The second-order valence-electron chi connectivity index (χ2n) is 3.98. The highest BCUT2D eigenvalue weighted by Gasteiger charge is 2.42. The molecule has 0 bridgehead atoms. The van der Waals surface area contributed by atoms with E-state index in [-0.39, 0.29) is 6.54 Å². The van der Waals surface area contributed by atoms with Crippen LogP contribution in [0.5, 0.6) is 0 Å². The number of nitrogens with zero attached hydrogens (tertiary/aromatic N) is 2. The second-order valence-corrected chi connectivity index (χ2v) is 3.98. The summed E-state index contributed by atoms with van der Waals surface area (Å²) in [5.74, 6) is -0.121. The molecule has 0 radical (unpaired) electrons. The largest absolute Gasteiger partial charge is 0.396 e. The van der Waals surface area contributed by atoms with Gasteiger partial charge in [0.05, 0.1) is 12.2 Å². The van der Waals surface area contributed by atoms with Gasteiger partial charge >= 0.3 is 0 Å². The Hall–Kier alpha value is -1.82. The second kappa shape index (κ2) is 3.64. The van der Waals surface area contributed by atoms with Crippen LogP contribution in [0.4, 0.5) is 11.5 Å². The smallest absolute Gasteiger partial charge is 0.251 e. The molecule has 1 aromatic rings. The number of carbonyl (C=O) groups is 1. The first-order chi connectivity index (χ1) is 7.53. The summed E-state index contributed by atoms with van der Waals surface area (Å²) < 4.78 is 0. The summed E-state index contributed by atoms with van der Waals surface area (Å²) in [6.45, 7) is 0.657. The van der Waals surface area contributed by atoms with Crippen molar-refractivity contribution in [2.45, 2.75) is 12.0 Å². The lowest BCUT2D eigenvalue weighted by atomic mass is 10.0. The molecular weight excluding hydrogens is 208 g/mol. The molecule has 2 rings (SSSR count). The Morgan fingerprint density at radius 3 is 2.94 bits per heavy atom. The van der Waals surface area contributed by atoms with Gasteiger partial charge in [0.15, 0.2) is 11.4 Å².